The molecule has 0 saturated carbocycles. The number of rotatable bonds is 15. The summed E-state index contributed by atoms with van der Waals surface area (Å²) in [6.45, 7) is 24.3. The van der Waals surface area contributed by atoms with E-state index in [-0.39, 0.29) is 12.7 Å². The Balaban J connectivity index is 0.00000241. The van der Waals surface area contributed by atoms with Crippen LogP contribution in [0.2, 0.25) is 0 Å². The van der Waals surface area contributed by atoms with Crippen molar-refractivity contribution in [3.63, 3.8) is 0 Å². The van der Waals surface area contributed by atoms with Gasteiger partial charge in [-0.05, 0) is 44.9 Å². The number of fused-ring (bicyclic) bond motifs is 2. The van der Waals surface area contributed by atoms with Crippen LogP contribution in [0.25, 0.3) is 21.8 Å². The van der Waals surface area contributed by atoms with Crippen LogP contribution < -0.4 is 10.6 Å². The van der Waals surface area contributed by atoms with Gasteiger partial charge in [-0.3, -0.25) is 5.41 Å². The zero-order valence-corrected chi connectivity index (χ0v) is 31.9. The molecule has 0 radical (unpaired) electrons. The van der Waals surface area contributed by atoms with Crippen molar-refractivity contribution in [1.29, 1.82) is 5.41 Å². The van der Waals surface area contributed by atoms with E-state index in [1.54, 1.807) is 11.9 Å². The normalized spacial score (nSPS) is 10.6. The van der Waals surface area contributed by atoms with E-state index in [9.17, 15) is 4.79 Å². The first-order chi connectivity index (χ1) is 22.5. The van der Waals surface area contributed by atoms with Gasteiger partial charge >= 0.3 is 6.09 Å². The molecule has 3 rings (SSSR count). The summed E-state index contributed by atoms with van der Waals surface area (Å²) in [5.41, 5.74) is 2.35. The Morgan fingerprint density at radius 2 is 1.34 bits per heavy atom. The van der Waals surface area contributed by atoms with E-state index >= 15 is 0 Å². The second-order valence-corrected chi connectivity index (χ2v) is 12.6. The number of amides is 1. The minimum absolute atomic E-state index is 0.150. The van der Waals surface area contributed by atoms with Crippen molar-refractivity contribution < 1.29 is 9.53 Å². The van der Waals surface area contributed by atoms with E-state index in [4.69, 9.17) is 15.1 Å². The first-order valence-corrected chi connectivity index (χ1v) is 17.9. The summed E-state index contributed by atoms with van der Waals surface area (Å²) < 4.78 is 5.59. The van der Waals surface area contributed by atoms with E-state index in [1.807, 2.05) is 89.9 Å². The van der Waals surface area contributed by atoms with Crippen molar-refractivity contribution in [2.24, 2.45) is 11.3 Å². The fourth-order valence-electron chi connectivity index (χ4n) is 4.57. The number of nitrogens with one attached hydrogen (secondary N) is 3. The molecule has 8 heteroatoms. The van der Waals surface area contributed by atoms with Gasteiger partial charge in [0.25, 0.3) is 0 Å². The van der Waals surface area contributed by atoms with Crippen LogP contribution in [0, 0.1) is 16.7 Å². The third-order valence-corrected chi connectivity index (χ3v) is 7.06. The molecule has 0 aliphatic heterocycles. The Kier molecular flexibility index (Phi) is 23.0. The van der Waals surface area contributed by atoms with E-state index in [0.717, 1.165) is 52.9 Å². The Morgan fingerprint density at radius 1 is 0.830 bits per heavy atom. The van der Waals surface area contributed by atoms with Gasteiger partial charge in [0.15, 0.2) is 0 Å². The standard InChI is InChI=1S/C31H46N6O2.C4H10.2C2H6/c1-6-7-8-13-18-33-19-21-37(5)30(38)39-23-31(2,3)29(32)36(4)22-20-34-28-24-14-9-11-16-26(24)35-27-17-12-10-15-25(27)28;1-4(2)3;2*1-2/h9-12,14-17,32-33H,6-8,13,18-23H2,1-5H3,(H,34,35);4H,1-3H3;2*1-2H3. The van der Waals surface area contributed by atoms with Crippen molar-refractivity contribution in [3.8, 4) is 0 Å². The highest BCUT2D eigenvalue weighted by atomic mass is 16.6. The van der Waals surface area contributed by atoms with Crippen molar-refractivity contribution in [3.05, 3.63) is 48.5 Å². The first-order valence-electron chi connectivity index (χ1n) is 17.9. The molecule has 0 atom stereocenters. The lowest BCUT2D eigenvalue weighted by molar-refractivity contribution is 0.0879. The molecule has 2 aromatic carbocycles. The van der Waals surface area contributed by atoms with Crippen LogP contribution in [0.15, 0.2) is 48.5 Å². The van der Waals surface area contributed by atoms with Gasteiger partial charge in [-0.15, -0.1) is 0 Å². The molecular weight excluding hydrogens is 584 g/mol. The Morgan fingerprint density at radius 3 is 1.87 bits per heavy atom. The predicted octanol–water partition coefficient (Wildman–Crippen LogP) is 9.69. The van der Waals surface area contributed by atoms with Crippen LogP contribution in [0.1, 0.15) is 94.9 Å². The zero-order valence-electron chi connectivity index (χ0n) is 31.9. The fraction of sp³-hybridized carbons (Fsp3) is 0.615. The molecule has 1 aromatic heterocycles. The molecule has 0 aliphatic rings. The lowest BCUT2D eigenvalue weighted by atomic mass is 9.92. The summed E-state index contributed by atoms with van der Waals surface area (Å²) in [5, 5.41) is 17.9. The number of likely N-dealkylation sites (N-methyl/N-ethyl adjacent to an activating group) is 2. The maximum atomic E-state index is 12.5. The molecule has 0 spiro atoms. The van der Waals surface area contributed by atoms with Gasteiger partial charge in [-0.1, -0.05) is 111 Å². The molecule has 3 N–H and O–H groups in total. The summed E-state index contributed by atoms with van der Waals surface area (Å²) >= 11 is 0. The lowest BCUT2D eigenvalue weighted by Crippen LogP contribution is -2.44. The number of aromatic nitrogens is 1. The number of hydrogen-bond acceptors (Lipinski definition) is 6. The number of carbonyl (C=O) groups excluding carboxylic acids is 1. The van der Waals surface area contributed by atoms with Crippen molar-refractivity contribution in [2.75, 3.05) is 58.7 Å². The molecule has 0 bridgehead atoms. The van der Waals surface area contributed by atoms with Crippen molar-refractivity contribution >= 4 is 39.4 Å². The third kappa shape index (κ3) is 16.3. The molecule has 0 unspecified atom stereocenters. The fourth-order valence-corrected chi connectivity index (χ4v) is 4.57. The SMILES string of the molecule is CC.CC.CC(C)C.CCCCCCNCCN(C)C(=O)OCC(C)(C)C(=N)N(C)CCNc1c2ccccc2nc2ccccc12. The number of ether oxygens (including phenoxy) is 1. The van der Waals surface area contributed by atoms with Crippen LogP contribution in [-0.4, -0.2) is 80.1 Å². The molecule has 0 aliphatic carbocycles. The Labute approximate surface area is 287 Å². The van der Waals surface area contributed by atoms with Crippen molar-refractivity contribution in [2.45, 2.75) is 94.9 Å². The number of amidine groups is 1. The van der Waals surface area contributed by atoms with Crippen LogP contribution in [0.5, 0.6) is 0 Å². The monoisotopic (exact) mass is 653 g/mol. The molecule has 1 heterocycles. The number of benzene rings is 2. The Hall–Kier alpha value is -3.39. The second kappa shape index (κ2) is 24.7. The van der Waals surface area contributed by atoms with Gasteiger partial charge in [0.05, 0.1) is 22.1 Å². The quantitative estimate of drug-likeness (QED) is 0.0655. The molecule has 8 nitrogen and oxygen atoms in total. The highest BCUT2D eigenvalue weighted by Gasteiger charge is 2.29. The van der Waals surface area contributed by atoms with Gasteiger partial charge in [0.2, 0.25) is 0 Å². The van der Waals surface area contributed by atoms with Crippen LogP contribution >= 0.6 is 0 Å². The summed E-state index contributed by atoms with van der Waals surface area (Å²) in [6.07, 6.45) is 4.55. The third-order valence-electron chi connectivity index (χ3n) is 7.06. The van der Waals surface area contributed by atoms with E-state index in [2.05, 4.69) is 50.5 Å². The summed E-state index contributed by atoms with van der Waals surface area (Å²) in [7, 11) is 3.67. The number of carbonyl (C=O) groups is 1. The van der Waals surface area contributed by atoms with Gasteiger partial charge < -0.3 is 25.2 Å². The average Bonchev–Trinajstić information content (AvgIpc) is 3.07. The van der Waals surface area contributed by atoms with Gasteiger partial charge in [-0.25, -0.2) is 9.78 Å². The smallest absolute Gasteiger partial charge is 0.409 e. The number of nitrogens with zero attached hydrogens (tertiary/aromatic N) is 3. The molecule has 0 saturated heterocycles. The minimum atomic E-state index is -0.612. The van der Waals surface area contributed by atoms with Crippen LogP contribution in [0.4, 0.5) is 10.5 Å². The number of para-hydroxylation sites is 2. The number of anilines is 1. The van der Waals surface area contributed by atoms with E-state index in [0.29, 0.717) is 25.5 Å². The molecule has 47 heavy (non-hydrogen) atoms. The first kappa shape index (κ1) is 43.6. The van der Waals surface area contributed by atoms with E-state index in [1.165, 1.54) is 19.3 Å². The van der Waals surface area contributed by atoms with Crippen LogP contribution in [0.3, 0.4) is 0 Å². The van der Waals surface area contributed by atoms with Gasteiger partial charge in [-0.2, -0.15) is 0 Å². The number of hydrogen-bond donors (Lipinski definition) is 3. The highest BCUT2D eigenvalue weighted by molar-refractivity contribution is 6.07. The summed E-state index contributed by atoms with van der Waals surface area (Å²) in [4.78, 5) is 20.8. The maximum Gasteiger partial charge on any atom is 0.409 e. The Bertz CT molecular complexity index is 1220. The van der Waals surface area contributed by atoms with Crippen molar-refractivity contribution in [1.82, 2.24) is 20.1 Å². The van der Waals surface area contributed by atoms with Gasteiger partial charge in [0, 0.05) is 51.0 Å². The van der Waals surface area contributed by atoms with Crippen LogP contribution in [-0.2, 0) is 4.74 Å². The number of unbranched alkanes of at least 4 members (excludes halogenated alkanes) is 3. The molecule has 1 amide bonds. The molecule has 0 fully saturated rings. The average molecular weight is 653 g/mol. The highest BCUT2D eigenvalue weighted by Crippen LogP contribution is 2.30. The topological polar surface area (TPSA) is 93.6 Å². The molecule has 266 valence electrons. The largest absolute Gasteiger partial charge is 0.448 e. The zero-order chi connectivity index (χ0) is 35.8. The summed E-state index contributed by atoms with van der Waals surface area (Å²) in [5.74, 6) is 1.26. The summed E-state index contributed by atoms with van der Waals surface area (Å²) in [6, 6.07) is 16.3. The minimum Gasteiger partial charge on any atom is -0.448 e. The number of pyridine rings is 1. The van der Waals surface area contributed by atoms with E-state index < -0.39 is 5.41 Å². The molecule has 3 aromatic rings. The predicted molar refractivity (Wildman–Crippen MR) is 206 cm³/mol. The second-order valence-electron chi connectivity index (χ2n) is 12.6. The maximum absolute atomic E-state index is 12.5. The van der Waals surface area contributed by atoms with Gasteiger partial charge in [0.1, 0.15) is 12.4 Å². The lowest BCUT2D eigenvalue weighted by Gasteiger charge is -2.32. The molecular formula is C39H68N6O2.